The van der Waals surface area contributed by atoms with E-state index in [0.717, 1.165) is 17.8 Å². The van der Waals surface area contributed by atoms with Crippen molar-refractivity contribution in [3.05, 3.63) is 0 Å². The van der Waals surface area contributed by atoms with Gasteiger partial charge in [-0.2, -0.15) is 0 Å². The minimum atomic E-state index is 0.878. The van der Waals surface area contributed by atoms with E-state index >= 15 is 0 Å². The summed E-state index contributed by atoms with van der Waals surface area (Å²) in [6.45, 7) is 11.8. The minimum Gasteiger partial charge on any atom is -0.0654 e. The summed E-state index contributed by atoms with van der Waals surface area (Å²) in [5, 5.41) is 0. The van der Waals surface area contributed by atoms with E-state index in [1.807, 2.05) is 0 Å². The third kappa shape index (κ3) is 8.96. The molecule has 0 aromatic rings. The van der Waals surface area contributed by atoms with Gasteiger partial charge in [-0.1, -0.05) is 73.1 Å². The summed E-state index contributed by atoms with van der Waals surface area (Å²) < 4.78 is 0. The zero-order chi connectivity index (χ0) is 11.7. The summed E-state index contributed by atoms with van der Waals surface area (Å²) in [5.41, 5.74) is 0. The van der Waals surface area contributed by atoms with Crippen molar-refractivity contribution < 1.29 is 0 Å². The van der Waals surface area contributed by atoms with Gasteiger partial charge in [0.1, 0.15) is 0 Å². The minimum absolute atomic E-state index is 0.878. The Balaban J connectivity index is 3.53. The highest BCUT2D eigenvalue weighted by molar-refractivity contribution is 4.62. The molecule has 0 heteroatoms. The van der Waals surface area contributed by atoms with Gasteiger partial charge in [-0.3, -0.25) is 0 Å². The molecule has 0 aliphatic rings. The molecule has 0 aromatic carbocycles. The first-order valence-corrected chi connectivity index (χ1v) is 7.10. The number of rotatable bonds is 9. The highest BCUT2D eigenvalue weighted by Gasteiger charge is 2.09. The molecule has 0 saturated carbocycles. The molecule has 0 radical (unpaired) electrons. The molecule has 0 aromatic heterocycles. The third-order valence-corrected chi connectivity index (χ3v) is 3.47. The van der Waals surface area contributed by atoms with Gasteiger partial charge in [0.25, 0.3) is 0 Å². The van der Waals surface area contributed by atoms with E-state index in [-0.39, 0.29) is 0 Å². The highest BCUT2D eigenvalue weighted by atomic mass is 14.1. The quantitative estimate of drug-likeness (QED) is 0.462. The normalized spacial score (nSPS) is 15.6. The van der Waals surface area contributed by atoms with Gasteiger partial charge in [0.05, 0.1) is 0 Å². The number of hydrogen-bond donors (Lipinski definition) is 0. The van der Waals surface area contributed by atoms with Gasteiger partial charge in [0.15, 0.2) is 0 Å². The second kappa shape index (κ2) is 9.24. The van der Waals surface area contributed by atoms with Gasteiger partial charge in [-0.05, 0) is 24.2 Å². The Morgan fingerprint density at radius 1 is 0.867 bits per heavy atom. The standard InChI is InChI=1S/C15H32/c1-6-9-14(5)10-8-11-15(7-2)12-13(3)4/h13-15H,6-12H2,1-5H3. The lowest BCUT2D eigenvalue weighted by Crippen LogP contribution is -2.04. The summed E-state index contributed by atoms with van der Waals surface area (Å²) in [6.07, 6.45) is 9.93. The van der Waals surface area contributed by atoms with E-state index in [2.05, 4.69) is 34.6 Å². The molecule has 0 heterocycles. The summed E-state index contributed by atoms with van der Waals surface area (Å²) in [4.78, 5) is 0. The second-order valence-corrected chi connectivity index (χ2v) is 5.73. The van der Waals surface area contributed by atoms with Crippen molar-refractivity contribution in [2.45, 2.75) is 79.6 Å². The molecule has 0 nitrogen and oxygen atoms in total. The second-order valence-electron chi connectivity index (χ2n) is 5.73. The fourth-order valence-corrected chi connectivity index (χ4v) is 2.55. The lowest BCUT2D eigenvalue weighted by Gasteiger charge is -2.18. The highest BCUT2D eigenvalue weighted by Crippen LogP contribution is 2.23. The Kier molecular flexibility index (Phi) is 9.24. The summed E-state index contributed by atoms with van der Waals surface area (Å²) in [6, 6.07) is 0. The van der Waals surface area contributed by atoms with Crippen LogP contribution in [-0.4, -0.2) is 0 Å². The van der Waals surface area contributed by atoms with Crippen molar-refractivity contribution >= 4 is 0 Å². The fraction of sp³-hybridized carbons (Fsp3) is 1.00. The van der Waals surface area contributed by atoms with Crippen molar-refractivity contribution in [2.24, 2.45) is 17.8 Å². The van der Waals surface area contributed by atoms with Crippen molar-refractivity contribution in [3.63, 3.8) is 0 Å². The lowest BCUT2D eigenvalue weighted by molar-refractivity contribution is 0.347. The maximum absolute atomic E-state index is 2.41. The third-order valence-electron chi connectivity index (χ3n) is 3.47. The maximum atomic E-state index is 2.41. The van der Waals surface area contributed by atoms with Crippen LogP contribution in [0.25, 0.3) is 0 Å². The van der Waals surface area contributed by atoms with E-state index in [9.17, 15) is 0 Å². The van der Waals surface area contributed by atoms with Gasteiger partial charge in [-0.15, -0.1) is 0 Å². The first-order chi connectivity index (χ1) is 7.10. The van der Waals surface area contributed by atoms with Crippen LogP contribution in [0.4, 0.5) is 0 Å². The van der Waals surface area contributed by atoms with Gasteiger partial charge < -0.3 is 0 Å². The molecule has 2 atom stereocenters. The molecule has 0 saturated heterocycles. The first kappa shape index (κ1) is 15.0. The molecule has 15 heavy (non-hydrogen) atoms. The average Bonchev–Trinajstić information content (AvgIpc) is 2.16. The Morgan fingerprint density at radius 3 is 2.00 bits per heavy atom. The van der Waals surface area contributed by atoms with Crippen LogP contribution in [0.15, 0.2) is 0 Å². The Labute approximate surface area is 97.8 Å². The average molecular weight is 212 g/mol. The largest absolute Gasteiger partial charge is 0.0654 e. The van der Waals surface area contributed by atoms with E-state index in [0.29, 0.717) is 0 Å². The molecule has 0 amide bonds. The Bertz CT molecular complexity index is 126. The molecular weight excluding hydrogens is 180 g/mol. The predicted octanol–water partition coefficient (Wildman–Crippen LogP) is 5.67. The van der Waals surface area contributed by atoms with E-state index in [1.54, 1.807) is 0 Å². The maximum Gasteiger partial charge on any atom is -0.0414 e. The molecule has 0 aliphatic heterocycles. The number of hydrogen-bond acceptors (Lipinski definition) is 0. The van der Waals surface area contributed by atoms with Crippen LogP contribution in [0.1, 0.15) is 79.6 Å². The van der Waals surface area contributed by atoms with E-state index in [4.69, 9.17) is 0 Å². The van der Waals surface area contributed by atoms with E-state index in [1.165, 1.54) is 44.9 Å². The molecule has 0 N–H and O–H groups in total. The predicted molar refractivity (Wildman–Crippen MR) is 71.2 cm³/mol. The van der Waals surface area contributed by atoms with Crippen molar-refractivity contribution in [3.8, 4) is 0 Å². The van der Waals surface area contributed by atoms with Crippen LogP contribution in [0, 0.1) is 17.8 Å². The fourth-order valence-electron chi connectivity index (χ4n) is 2.55. The zero-order valence-electron chi connectivity index (χ0n) is 11.7. The van der Waals surface area contributed by atoms with Gasteiger partial charge in [-0.25, -0.2) is 0 Å². The molecule has 0 spiro atoms. The van der Waals surface area contributed by atoms with Gasteiger partial charge in [0.2, 0.25) is 0 Å². The Morgan fingerprint density at radius 2 is 1.53 bits per heavy atom. The molecule has 0 bridgehead atoms. The van der Waals surface area contributed by atoms with Crippen LogP contribution in [0.3, 0.4) is 0 Å². The molecule has 0 fully saturated rings. The lowest BCUT2D eigenvalue weighted by atomic mass is 9.88. The van der Waals surface area contributed by atoms with Crippen LogP contribution >= 0.6 is 0 Å². The Hall–Kier alpha value is 0. The van der Waals surface area contributed by atoms with E-state index < -0.39 is 0 Å². The zero-order valence-corrected chi connectivity index (χ0v) is 11.7. The summed E-state index contributed by atoms with van der Waals surface area (Å²) in [5.74, 6) is 2.81. The summed E-state index contributed by atoms with van der Waals surface area (Å²) in [7, 11) is 0. The van der Waals surface area contributed by atoms with Crippen LogP contribution in [-0.2, 0) is 0 Å². The summed E-state index contributed by atoms with van der Waals surface area (Å²) >= 11 is 0. The first-order valence-electron chi connectivity index (χ1n) is 7.10. The van der Waals surface area contributed by atoms with Crippen LogP contribution in [0.5, 0.6) is 0 Å². The molecule has 0 aliphatic carbocycles. The van der Waals surface area contributed by atoms with Crippen LogP contribution < -0.4 is 0 Å². The monoisotopic (exact) mass is 212 g/mol. The topological polar surface area (TPSA) is 0 Å². The SMILES string of the molecule is CCCC(C)CCCC(CC)CC(C)C. The van der Waals surface area contributed by atoms with Crippen molar-refractivity contribution in [2.75, 3.05) is 0 Å². The smallest absolute Gasteiger partial charge is 0.0414 e. The van der Waals surface area contributed by atoms with Crippen molar-refractivity contribution in [1.82, 2.24) is 0 Å². The van der Waals surface area contributed by atoms with Crippen LogP contribution in [0.2, 0.25) is 0 Å². The van der Waals surface area contributed by atoms with Crippen molar-refractivity contribution in [1.29, 1.82) is 0 Å². The van der Waals surface area contributed by atoms with Gasteiger partial charge in [0, 0.05) is 0 Å². The molecular formula is C15H32. The molecule has 2 unspecified atom stereocenters. The molecule has 92 valence electrons. The molecule has 0 rings (SSSR count). The van der Waals surface area contributed by atoms with Gasteiger partial charge >= 0.3 is 0 Å².